The molecule has 0 aliphatic carbocycles. The molecule has 3 aromatic rings. The monoisotopic (exact) mass is 459 g/mol. The number of benzene rings is 2. The number of aryl methyl sites for hydroxylation is 1. The summed E-state index contributed by atoms with van der Waals surface area (Å²) >= 11 is 1.06. The summed E-state index contributed by atoms with van der Waals surface area (Å²) in [5.41, 5.74) is 2.92. The zero-order chi connectivity index (χ0) is 23.1. The molecule has 9 heteroatoms. The maximum atomic E-state index is 14.2. The Balaban J connectivity index is 1.53. The highest BCUT2D eigenvalue weighted by Gasteiger charge is 2.36. The van der Waals surface area contributed by atoms with Crippen molar-refractivity contribution in [2.24, 2.45) is 10.1 Å². The molecule has 3 heterocycles. The molecule has 2 aliphatic heterocycles. The minimum Gasteiger partial charge on any atom is -0.495 e. The number of aromatic nitrogens is 1. The van der Waals surface area contributed by atoms with Gasteiger partial charge < -0.3 is 9.30 Å². The topological polar surface area (TPSA) is 83.0 Å². The van der Waals surface area contributed by atoms with Crippen LogP contribution in [0.2, 0.25) is 0 Å². The third kappa shape index (κ3) is 3.66. The van der Waals surface area contributed by atoms with Gasteiger partial charge in [-0.3, -0.25) is 10.2 Å². The van der Waals surface area contributed by atoms with Gasteiger partial charge in [0.25, 0.3) is 5.91 Å². The Hall–Kier alpha value is -3.98. The Labute approximate surface area is 193 Å². The molecule has 0 unspecified atom stereocenters. The average Bonchev–Trinajstić information content (AvgIpc) is 3.44. The van der Waals surface area contributed by atoms with Crippen molar-refractivity contribution in [2.45, 2.75) is 6.92 Å². The van der Waals surface area contributed by atoms with Crippen LogP contribution in [0.3, 0.4) is 0 Å². The molecule has 1 N–H and O–H groups in total. The van der Waals surface area contributed by atoms with Crippen LogP contribution in [0, 0.1) is 18.2 Å². The van der Waals surface area contributed by atoms with E-state index in [2.05, 4.69) is 10.1 Å². The molecule has 33 heavy (non-hydrogen) atoms. The third-order valence-corrected chi connectivity index (χ3v) is 6.17. The molecule has 5 rings (SSSR count). The number of carbonyl (C=O) groups is 1. The van der Waals surface area contributed by atoms with E-state index in [0.717, 1.165) is 23.0 Å². The largest absolute Gasteiger partial charge is 0.495 e. The van der Waals surface area contributed by atoms with Crippen LogP contribution >= 0.6 is 11.8 Å². The minimum absolute atomic E-state index is 0.0875. The Kier molecular flexibility index (Phi) is 5.18. The molecule has 1 aromatic heterocycles. The number of amides is 1. The molecule has 0 spiro atoms. The lowest BCUT2D eigenvalue weighted by Gasteiger charge is -2.20. The number of hydrazone groups is 1. The van der Waals surface area contributed by atoms with Gasteiger partial charge in [-0.25, -0.2) is 4.39 Å². The first-order valence-corrected chi connectivity index (χ1v) is 10.9. The summed E-state index contributed by atoms with van der Waals surface area (Å²) in [4.78, 5) is 16.9. The van der Waals surface area contributed by atoms with Crippen molar-refractivity contribution in [3.05, 3.63) is 89.0 Å². The van der Waals surface area contributed by atoms with Crippen LogP contribution in [-0.4, -0.2) is 38.6 Å². The van der Waals surface area contributed by atoms with Crippen LogP contribution in [-0.2, 0) is 4.79 Å². The summed E-state index contributed by atoms with van der Waals surface area (Å²) in [6.07, 6.45) is 3.46. The van der Waals surface area contributed by atoms with Crippen molar-refractivity contribution in [3.8, 4) is 11.4 Å². The van der Waals surface area contributed by atoms with Gasteiger partial charge >= 0.3 is 0 Å². The van der Waals surface area contributed by atoms with E-state index in [1.165, 1.54) is 11.1 Å². The Morgan fingerprint density at radius 1 is 1.15 bits per heavy atom. The standard InChI is InChI=1S/C24H18FN5O2S/c1-14-9-10-20(32-2)19(12-14)29-11-5-6-15(29)13-17-21(26)30-24(27-22(17)31)33-23(28-30)16-7-3-4-8-18(16)25/h3-13,26H,1-2H3/b17-13-,26-21?. The van der Waals surface area contributed by atoms with Gasteiger partial charge in [0.15, 0.2) is 5.84 Å². The van der Waals surface area contributed by atoms with E-state index >= 15 is 0 Å². The molecule has 2 aromatic carbocycles. The third-order valence-electron chi connectivity index (χ3n) is 5.23. The number of rotatable bonds is 4. The predicted octanol–water partition coefficient (Wildman–Crippen LogP) is 4.60. The van der Waals surface area contributed by atoms with Crippen LogP contribution < -0.4 is 4.74 Å². The SMILES string of the molecule is COc1ccc(C)cc1-n1cccc1/C=C1/C(=N)N2N=C(c3ccccc3F)SC2=NC1=O. The highest BCUT2D eigenvalue weighted by molar-refractivity contribution is 8.27. The van der Waals surface area contributed by atoms with E-state index in [9.17, 15) is 9.18 Å². The summed E-state index contributed by atoms with van der Waals surface area (Å²) in [6, 6.07) is 15.7. The van der Waals surface area contributed by atoms with Gasteiger partial charge in [-0.2, -0.15) is 15.1 Å². The Bertz CT molecular complexity index is 1410. The first kappa shape index (κ1) is 20.9. The van der Waals surface area contributed by atoms with Gasteiger partial charge in [-0.1, -0.05) is 18.2 Å². The Morgan fingerprint density at radius 2 is 1.97 bits per heavy atom. The van der Waals surface area contributed by atoms with Crippen molar-refractivity contribution in [1.29, 1.82) is 5.41 Å². The number of amidine groups is 2. The van der Waals surface area contributed by atoms with Crippen LogP contribution in [0.25, 0.3) is 11.8 Å². The van der Waals surface area contributed by atoms with Crippen molar-refractivity contribution in [1.82, 2.24) is 9.58 Å². The summed E-state index contributed by atoms with van der Waals surface area (Å²) < 4.78 is 21.6. The number of nitrogens with zero attached hydrogens (tertiary/aromatic N) is 4. The number of ether oxygens (including phenoxy) is 1. The summed E-state index contributed by atoms with van der Waals surface area (Å²) in [6.45, 7) is 1.98. The van der Waals surface area contributed by atoms with Gasteiger partial charge in [0, 0.05) is 17.5 Å². The maximum absolute atomic E-state index is 14.2. The van der Waals surface area contributed by atoms with E-state index in [1.807, 2.05) is 48.0 Å². The average molecular weight is 460 g/mol. The van der Waals surface area contributed by atoms with Gasteiger partial charge in [0.2, 0.25) is 5.17 Å². The quantitative estimate of drug-likeness (QED) is 0.578. The number of thioether (sulfide) groups is 1. The van der Waals surface area contributed by atoms with Crippen molar-refractivity contribution in [3.63, 3.8) is 0 Å². The first-order chi connectivity index (χ1) is 16.0. The van der Waals surface area contributed by atoms with Crippen LogP contribution in [0.5, 0.6) is 5.75 Å². The van der Waals surface area contributed by atoms with Crippen LogP contribution in [0.1, 0.15) is 16.8 Å². The van der Waals surface area contributed by atoms with Gasteiger partial charge in [0.05, 0.1) is 18.4 Å². The molecule has 0 saturated carbocycles. The van der Waals surface area contributed by atoms with Gasteiger partial charge in [0.1, 0.15) is 16.6 Å². The van der Waals surface area contributed by atoms with Crippen LogP contribution in [0.15, 0.2) is 76.5 Å². The predicted molar refractivity (Wildman–Crippen MR) is 128 cm³/mol. The zero-order valence-electron chi connectivity index (χ0n) is 17.7. The van der Waals surface area contributed by atoms with Crippen LogP contribution in [0.4, 0.5) is 4.39 Å². The lowest BCUT2D eigenvalue weighted by molar-refractivity contribution is -0.114. The van der Waals surface area contributed by atoms with Gasteiger partial charge in [-0.15, -0.1) is 0 Å². The van der Waals surface area contributed by atoms with Crippen molar-refractivity contribution < 1.29 is 13.9 Å². The number of hydrogen-bond acceptors (Lipinski definition) is 5. The van der Waals surface area contributed by atoms with E-state index < -0.39 is 11.7 Å². The highest BCUT2D eigenvalue weighted by atomic mass is 32.2. The lowest BCUT2D eigenvalue weighted by atomic mass is 10.1. The van der Waals surface area contributed by atoms with E-state index in [4.69, 9.17) is 10.1 Å². The number of carbonyl (C=O) groups excluding carboxylic acids is 1. The summed E-state index contributed by atoms with van der Waals surface area (Å²) in [5, 5.41) is 14.8. The number of methoxy groups -OCH3 is 1. The fourth-order valence-electron chi connectivity index (χ4n) is 3.60. The van der Waals surface area contributed by atoms with Gasteiger partial charge in [-0.05, 0) is 66.7 Å². The molecule has 0 bridgehead atoms. The molecular weight excluding hydrogens is 441 g/mol. The molecule has 0 atom stereocenters. The molecule has 1 amide bonds. The molecule has 0 saturated heterocycles. The number of fused-ring (bicyclic) bond motifs is 1. The molecular formula is C24H18FN5O2S. The van der Waals surface area contributed by atoms with Crippen molar-refractivity contribution >= 4 is 39.8 Å². The molecule has 0 radical (unpaired) electrons. The number of hydrogen-bond donors (Lipinski definition) is 1. The molecule has 7 nitrogen and oxygen atoms in total. The fourth-order valence-corrected chi connectivity index (χ4v) is 4.52. The number of halogens is 1. The van der Waals surface area contributed by atoms with E-state index in [0.29, 0.717) is 22.1 Å². The second kappa shape index (κ2) is 8.18. The molecule has 0 fully saturated rings. The molecule has 164 valence electrons. The van der Waals surface area contributed by atoms with Crippen molar-refractivity contribution in [2.75, 3.05) is 7.11 Å². The van der Waals surface area contributed by atoms with E-state index in [1.54, 1.807) is 31.4 Å². The maximum Gasteiger partial charge on any atom is 0.283 e. The number of aliphatic imine (C=N–C) groups is 1. The zero-order valence-corrected chi connectivity index (χ0v) is 18.6. The Morgan fingerprint density at radius 3 is 2.76 bits per heavy atom. The number of nitrogens with one attached hydrogen (secondary N) is 1. The fraction of sp³-hybridized carbons (Fsp3) is 0.0833. The van der Waals surface area contributed by atoms with E-state index in [-0.39, 0.29) is 16.6 Å². The smallest absolute Gasteiger partial charge is 0.283 e. The molecule has 2 aliphatic rings. The minimum atomic E-state index is -0.548. The second-order valence-electron chi connectivity index (χ2n) is 7.38. The second-order valence-corrected chi connectivity index (χ2v) is 8.34. The summed E-state index contributed by atoms with van der Waals surface area (Å²) in [5.74, 6) is -0.417. The highest BCUT2D eigenvalue weighted by Crippen LogP contribution is 2.32. The normalized spacial score (nSPS) is 16.7. The first-order valence-electron chi connectivity index (χ1n) is 10.0. The lowest BCUT2D eigenvalue weighted by Crippen LogP contribution is -2.35. The summed E-state index contributed by atoms with van der Waals surface area (Å²) in [7, 11) is 1.60.